The number of nitriles is 1. The van der Waals surface area contributed by atoms with Crippen LogP contribution >= 0.6 is 0 Å². The van der Waals surface area contributed by atoms with Crippen molar-refractivity contribution in [2.45, 2.75) is 26.2 Å². The van der Waals surface area contributed by atoms with Crippen molar-refractivity contribution in [2.24, 2.45) is 0 Å². The molecule has 1 aromatic rings. The normalized spacial score (nSPS) is 11.6. The first-order chi connectivity index (χ1) is 7.72. The van der Waals surface area contributed by atoms with Crippen molar-refractivity contribution >= 4 is 5.97 Å². The maximum absolute atomic E-state index is 11.5. The monoisotopic (exact) mass is 217 g/mol. The average molecular weight is 217 g/mol. The Morgan fingerprint density at radius 3 is 2.44 bits per heavy atom. The lowest BCUT2D eigenvalue weighted by atomic mass is 9.99. The van der Waals surface area contributed by atoms with E-state index in [1.807, 2.05) is 30.3 Å². The van der Waals surface area contributed by atoms with E-state index in [0.717, 1.165) is 6.42 Å². The lowest BCUT2D eigenvalue weighted by Crippen LogP contribution is -2.14. The lowest BCUT2D eigenvalue weighted by Gasteiger charge is -2.08. The van der Waals surface area contributed by atoms with Crippen LogP contribution in [0.15, 0.2) is 24.3 Å². The zero-order chi connectivity index (χ0) is 12.0. The van der Waals surface area contributed by atoms with E-state index in [2.05, 4.69) is 6.92 Å². The minimum absolute atomic E-state index is 0.296. The summed E-state index contributed by atoms with van der Waals surface area (Å²) < 4.78 is 4.84. The van der Waals surface area contributed by atoms with Gasteiger partial charge in [0.2, 0.25) is 0 Å². The van der Waals surface area contributed by atoms with Crippen molar-refractivity contribution in [2.75, 3.05) is 6.61 Å². The zero-order valence-corrected chi connectivity index (χ0v) is 9.56. The van der Waals surface area contributed by atoms with Gasteiger partial charge in [-0.15, -0.1) is 0 Å². The zero-order valence-electron chi connectivity index (χ0n) is 9.56. The van der Waals surface area contributed by atoms with E-state index in [-0.39, 0.29) is 0 Å². The van der Waals surface area contributed by atoms with Gasteiger partial charge in [0.25, 0.3) is 0 Å². The Kier molecular flexibility index (Phi) is 4.53. The highest BCUT2D eigenvalue weighted by molar-refractivity contribution is 5.81. The van der Waals surface area contributed by atoms with E-state index in [0.29, 0.717) is 12.2 Å². The number of nitrogens with zero attached hydrogens (tertiary/aromatic N) is 1. The third-order valence-electron chi connectivity index (χ3n) is 2.37. The number of benzene rings is 1. The summed E-state index contributed by atoms with van der Waals surface area (Å²) in [6.07, 6.45) is 0.941. The number of hydrogen-bond donors (Lipinski definition) is 0. The van der Waals surface area contributed by atoms with Gasteiger partial charge in [-0.1, -0.05) is 31.2 Å². The molecule has 3 heteroatoms. The summed E-state index contributed by atoms with van der Waals surface area (Å²) in [6.45, 7) is 4.08. The molecule has 0 amide bonds. The molecule has 0 unspecified atom stereocenters. The summed E-state index contributed by atoms with van der Waals surface area (Å²) in [5.74, 6) is -1.29. The van der Waals surface area contributed by atoms with Crippen LogP contribution < -0.4 is 0 Å². The second-order valence-corrected chi connectivity index (χ2v) is 3.41. The maximum atomic E-state index is 11.5. The molecule has 0 radical (unpaired) electrons. The van der Waals surface area contributed by atoms with E-state index < -0.39 is 11.9 Å². The third-order valence-corrected chi connectivity index (χ3v) is 2.37. The van der Waals surface area contributed by atoms with Gasteiger partial charge in [0.1, 0.15) is 0 Å². The van der Waals surface area contributed by atoms with Crippen molar-refractivity contribution in [3.05, 3.63) is 35.4 Å². The van der Waals surface area contributed by atoms with Crippen LogP contribution in [0.25, 0.3) is 0 Å². The van der Waals surface area contributed by atoms with Gasteiger partial charge in [0, 0.05) is 0 Å². The molecule has 0 saturated carbocycles. The minimum atomic E-state index is -0.814. The van der Waals surface area contributed by atoms with E-state index in [9.17, 15) is 4.79 Å². The summed E-state index contributed by atoms with van der Waals surface area (Å²) in [6, 6.07) is 9.44. The predicted molar refractivity (Wildman–Crippen MR) is 60.8 cm³/mol. The highest BCUT2D eigenvalue weighted by Crippen LogP contribution is 2.17. The summed E-state index contributed by atoms with van der Waals surface area (Å²) >= 11 is 0. The summed E-state index contributed by atoms with van der Waals surface area (Å²) in [4.78, 5) is 11.5. The largest absolute Gasteiger partial charge is 0.465 e. The van der Waals surface area contributed by atoms with Crippen LogP contribution in [-0.4, -0.2) is 12.6 Å². The molecule has 1 aromatic carbocycles. The molecule has 0 aromatic heterocycles. The molecule has 0 fully saturated rings. The molecule has 0 aliphatic carbocycles. The SMILES string of the molecule is CCOC(=O)[C@H](C#N)c1ccc(CC)cc1. The quantitative estimate of drug-likeness (QED) is 0.728. The molecule has 0 spiro atoms. The highest BCUT2D eigenvalue weighted by atomic mass is 16.5. The molecule has 0 N–H and O–H groups in total. The van der Waals surface area contributed by atoms with Gasteiger partial charge >= 0.3 is 5.97 Å². The van der Waals surface area contributed by atoms with Gasteiger partial charge in [0.05, 0.1) is 12.7 Å². The van der Waals surface area contributed by atoms with Crippen molar-refractivity contribution < 1.29 is 9.53 Å². The molecule has 0 saturated heterocycles. The second kappa shape index (κ2) is 5.92. The van der Waals surface area contributed by atoms with Crippen LogP contribution in [-0.2, 0) is 16.0 Å². The van der Waals surface area contributed by atoms with Gasteiger partial charge < -0.3 is 4.74 Å². The second-order valence-electron chi connectivity index (χ2n) is 3.41. The average Bonchev–Trinajstić information content (AvgIpc) is 2.31. The first kappa shape index (κ1) is 12.3. The Hall–Kier alpha value is -1.82. The number of ether oxygens (including phenoxy) is 1. The molecule has 3 nitrogen and oxygen atoms in total. The van der Waals surface area contributed by atoms with E-state index >= 15 is 0 Å². The number of carbonyl (C=O) groups is 1. The van der Waals surface area contributed by atoms with Crippen LogP contribution in [0.2, 0.25) is 0 Å². The summed E-state index contributed by atoms with van der Waals surface area (Å²) in [5.41, 5.74) is 1.88. The maximum Gasteiger partial charge on any atom is 0.327 e. The standard InChI is InChI=1S/C13H15NO2/c1-3-10-5-7-11(8-6-10)12(9-14)13(15)16-4-2/h5-8,12H,3-4H2,1-2H3/t12-/m1/s1. The fraction of sp³-hybridized carbons (Fsp3) is 0.385. The summed E-state index contributed by atoms with van der Waals surface area (Å²) in [7, 11) is 0. The van der Waals surface area contributed by atoms with Crippen molar-refractivity contribution in [3.63, 3.8) is 0 Å². The molecule has 0 aliphatic rings. The Morgan fingerprint density at radius 2 is 2.00 bits per heavy atom. The number of aryl methyl sites for hydroxylation is 1. The lowest BCUT2D eigenvalue weighted by molar-refractivity contribution is -0.143. The van der Waals surface area contributed by atoms with Crippen molar-refractivity contribution in [1.29, 1.82) is 5.26 Å². The highest BCUT2D eigenvalue weighted by Gasteiger charge is 2.20. The van der Waals surface area contributed by atoms with Gasteiger partial charge in [-0.2, -0.15) is 5.26 Å². The van der Waals surface area contributed by atoms with Crippen LogP contribution in [0.4, 0.5) is 0 Å². The summed E-state index contributed by atoms with van der Waals surface area (Å²) in [5, 5.41) is 8.95. The van der Waals surface area contributed by atoms with Crippen LogP contribution in [0.3, 0.4) is 0 Å². The first-order valence-corrected chi connectivity index (χ1v) is 5.38. The van der Waals surface area contributed by atoms with E-state index in [1.54, 1.807) is 6.92 Å². The molecule has 16 heavy (non-hydrogen) atoms. The van der Waals surface area contributed by atoms with Gasteiger partial charge in [-0.25, -0.2) is 0 Å². The minimum Gasteiger partial charge on any atom is -0.465 e. The van der Waals surface area contributed by atoms with Crippen LogP contribution in [0, 0.1) is 11.3 Å². The Balaban J connectivity index is 2.88. The number of carbonyl (C=O) groups excluding carboxylic acids is 1. The molecule has 0 aliphatic heterocycles. The Bertz CT molecular complexity index is 389. The van der Waals surface area contributed by atoms with Crippen molar-refractivity contribution in [1.82, 2.24) is 0 Å². The molecule has 0 heterocycles. The van der Waals surface area contributed by atoms with Gasteiger partial charge in [-0.05, 0) is 24.5 Å². The molecular formula is C13H15NO2. The topological polar surface area (TPSA) is 50.1 Å². The molecule has 1 rings (SSSR count). The van der Waals surface area contributed by atoms with Crippen LogP contribution in [0.1, 0.15) is 30.9 Å². The fourth-order valence-corrected chi connectivity index (χ4v) is 1.43. The smallest absolute Gasteiger partial charge is 0.327 e. The Morgan fingerprint density at radius 1 is 1.38 bits per heavy atom. The number of rotatable bonds is 4. The molecule has 84 valence electrons. The number of hydrogen-bond acceptors (Lipinski definition) is 3. The van der Waals surface area contributed by atoms with E-state index in [1.165, 1.54) is 5.56 Å². The first-order valence-electron chi connectivity index (χ1n) is 5.38. The molecular weight excluding hydrogens is 202 g/mol. The van der Waals surface area contributed by atoms with E-state index in [4.69, 9.17) is 10.00 Å². The molecule has 0 bridgehead atoms. The van der Waals surface area contributed by atoms with Crippen molar-refractivity contribution in [3.8, 4) is 6.07 Å². The molecule has 1 atom stereocenters. The Labute approximate surface area is 95.7 Å². The predicted octanol–water partition coefficient (Wildman–Crippen LogP) is 2.42. The van der Waals surface area contributed by atoms with Crippen LogP contribution in [0.5, 0.6) is 0 Å². The fourth-order valence-electron chi connectivity index (χ4n) is 1.43. The van der Waals surface area contributed by atoms with Gasteiger partial charge in [-0.3, -0.25) is 4.79 Å². The number of esters is 1. The third kappa shape index (κ3) is 2.83. The van der Waals surface area contributed by atoms with Gasteiger partial charge in [0.15, 0.2) is 5.92 Å².